The van der Waals surface area contributed by atoms with Crippen LogP contribution in [0.4, 0.5) is 0 Å². The van der Waals surface area contributed by atoms with Gasteiger partial charge in [-0.25, -0.2) is 0 Å². The van der Waals surface area contributed by atoms with Crippen molar-refractivity contribution in [3.05, 3.63) is 45.2 Å². The van der Waals surface area contributed by atoms with Crippen LogP contribution in [0.25, 0.3) is 11.3 Å². The zero-order chi connectivity index (χ0) is 23.7. The lowest BCUT2D eigenvalue weighted by Crippen LogP contribution is -2.36. The zero-order valence-electron chi connectivity index (χ0n) is 19.2. The minimum Gasteiger partial charge on any atom is -0.492 e. The number of aromatic nitrogens is 1. The van der Waals surface area contributed by atoms with Crippen LogP contribution in [0.15, 0.2) is 29.2 Å². The highest BCUT2D eigenvalue weighted by Crippen LogP contribution is 2.46. The lowest BCUT2D eigenvalue weighted by molar-refractivity contribution is 0.172. The molecule has 1 aliphatic rings. The van der Waals surface area contributed by atoms with E-state index in [4.69, 9.17) is 25.6 Å². The van der Waals surface area contributed by atoms with E-state index < -0.39 is 13.0 Å². The molecule has 1 aromatic heterocycles. The maximum absolute atomic E-state index is 12.8. The Morgan fingerprint density at radius 3 is 2.59 bits per heavy atom. The monoisotopic (exact) mass is 483 g/mol. The van der Waals surface area contributed by atoms with E-state index in [2.05, 4.69) is 20.8 Å². The Labute approximate surface area is 193 Å². The molecular weight excluding hydrogens is 453 g/mol. The lowest BCUT2D eigenvalue weighted by atomic mass is 9.79. The zero-order valence-corrected chi connectivity index (χ0v) is 20.8. The van der Waals surface area contributed by atoms with Crippen molar-refractivity contribution in [1.82, 2.24) is 4.57 Å². The van der Waals surface area contributed by atoms with E-state index in [1.165, 1.54) is 12.3 Å². The highest BCUT2D eigenvalue weighted by atomic mass is 35.5. The Morgan fingerprint density at radius 2 is 1.97 bits per heavy atom. The van der Waals surface area contributed by atoms with Crippen molar-refractivity contribution < 1.29 is 23.5 Å². The van der Waals surface area contributed by atoms with Gasteiger partial charge in [-0.15, -0.1) is 0 Å². The summed E-state index contributed by atoms with van der Waals surface area (Å²) in [6.45, 7) is 9.03. The number of fused-ring (bicyclic) bond motifs is 3. The number of halogens is 1. The average molecular weight is 484 g/mol. The smallest absolute Gasteiger partial charge is 0.364 e. The van der Waals surface area contributed by atoms with Crippen LogP contribution in [0, 0.1) is 5.41 Å². The fourth-order valence-electron chi connectivity index (χ4n) is 4.00. The van der Waals surface area contributed by atoms with Crippen LogP contribution in [0.5, 0.6) is 5.75 Å². The maximum Gasteiger partial charge on any atom is 0.364 e. The van der Waals surface area contributed by atoms with Crippen LogP contribution in [-0.4, -0.2) is 36.4 Å². The van der Waals surface area contributed by atoms with Gasteiger partial charge in [-0.2, -0.15) is 0 Å². The molecule has 0 saturated carbocycles. The van der Waals surface area contributed by atoms with Crippen molar-refractivity contribution in [2.24, 2.45) is 5.41 Å². The summed E-state index contributed by atoms with van der Waals surface area (Å²) in [4.78, 5) is 23.2. The fourth-order valence-corrected chi connectivity index (χ4v) is 5.32. The van der Waals surface area contributed by atoms with E-state index in [0.717, 1.165) is 17.5 Å². The highest BCUT2D eigenvalue weighted by molar-refractivity contribution is 7.61. The van der Waals surface area contributed by atoms with Crippen LogP contribution >= 0.6 is 19.2 Å². The molecule has 0 radical (unpaired) electrons. The second kappa shape index (κ2) is 9.70. The summed E-state index contributed by atoms with van der Waals surface area (Å²) in [5, 5.41) is 0.227. The van der Waals surface area contributed by atoms with Crippen molar-refractivity contribution in [2.45, 2.75) is 46.6 Å². The minimum atomic E-state index is -4.22. The summed E-state index contributed by atoms with van der Waals surface area (Å²) >= 11 is 6.50. The van der Waals surface area contributed by atoms with E-state index in [0.29, 0.717) is 36.1 Å². The topological polar surface area (TPSA) is 87.0 Å². The number of ether oxygens (including phenoxy) is 2. The molecule has 3 rings (SSSR count). The summed E-state index contributed by atoms with van der Waals surface area (Å²) in [6, 6.07) is 5.08. The van der Waals surface area contributed by atoms with Crippen molar-refractivity contribution in [1.29, 1.82) is 0 Å². The number of nitrogens with zero attached hydrogens (tertiary/aromatic N) is 1. The molecule has 32 heavy (non-hydrogen) atoms. The molecule has 2 atom stereocenters. The second-order valence-corrected chi connectivity index (χ2v) is 11.2. The Hall–Kier alpha value is -1.63. The first-order valence-corrected chi connectivity index (χ1v) is 12.6. The summed E-state index contributed by atoms with van der Waals surface area (Å²) in [6.07, 6.45) is 2.89. The van der Waals surface area contributed by atoms with Gasteiger partial charge in [-0.1, -0.05) is 32.4 Å². The summed E-state index contributed by atoms with van der Waals surface area (Å²) < 4.78 is 30.5. The van der Waals surface area contributed by atoms with Gasteiger partial charge in [0, 0.05) is 44.0 Å². The normalized spacial score (nSPS) is 17.4. The van der Waals surface area contributed by atoms with Gasteiger partial charge in [0.05, 0.1) is 23.9 Å². The predicted molar refractivity (Wildman–Crippen MR) is 126 cm³/mol. The number of pyridine rings is 1. The molecule has 176 valence electrons. The average Bonchev–Trinajstić information content (AvgIpc) is 2.70. The molecule has 2 unspecified atom stereocenters. The molecule has 1 aliphatic heterocycles. The van der Waals surface area contributed by atoms with Crippen LogP contribution in [-0.2, 0) is 20.2 Å². The maximum atomic E-state index is 12.8. The fraction of sp³-hybridized carbons (Fsp3) is 0.522. The molecule has 0 aliphatic carbocycles. The van der Waals surface area contributed by atoms with Gasteiger partial charge in [0.1, 0.15) is 11.1 Å². The first kappa shape index (κ1) is 25.0. The standard InChI is InChI=1S/C23H31ClNO6P/c1-6-31-32(27,28)21-14-25-18(13-19(21)26)16-12-17(24)20(30-9-7-8-29-5)10-15(16)11-22(25)23(2,3)4/h10,12-14,22H,6-9,11H2,1-5H3,(H,27,28). The molecule has 0 bridgehead atoms. The molecular formula is C23H31ClNO6P. The lowest BCUT2D eigenvalue weighted by Gasteiger charge is -2.39. The van der Waals surface area contributed by atoms with Crippen LogP contribution in [0.1, 0.15) is 45.7 Å². The highest BCUT2D eigenvalue weighted by Gasteiger charge is 2.36. The Morgan fingerprint density at radius 1 is 1.25 bits per heavy atom. The van der Waals surface area contributed by atoms with E-state index in [1.54, 1.807) is 20.1 Å². The number of benzene rings is 1. The van der Waals surface area contributed by atoms with Crippen molar-refractivity contribution in [3.8, 4) is 17.0 Å². The van der Waals surface area contributed by atoms with Gasteiger partial charge in [0.2, 0.25) is 0 Å². The molecule has 0 amide bonds. The molecule has 1 aromatic carbocycles. The van der Waals surface area contributed by atoms with Gasteiger partial charge in [-0.3, -0.25) is 9.36 Å². The van der Waals surface area contributed by atoms with Crippen molar-refractivity contribution >= 4 is 24.5 Å². The van der Waals surface area contributed by atoms with E-state index in [1.807, 2.05) is 10.6 Å². The Balaban J connectivity index is 2.13. The van der Waals surface area contributed by atoms with Gasteiger partial charge < -0.3 is 23.5 Å². The first-order valence-electron chi connectivity index (χ1n) is 10.7. The second-order valence-electron chi connectivity index (χ2n) is 8.97. The van der Waals surface area contributed by atoms with E-state index >= 15 is 0 Å². The molecule has 0 saturated heterocycles. The third kappa shape index (κ3) is 5.13. The molecule has 9 heteroatoms. The van der Waals surface area contributed by atoms with Crippen LogP contribution in [0.2, 0.25) is 5.02 Å². The number of hydrogen-bond acceptors (Lipinski definition) is 5. The van der Waals surface area contributed by atoms with Crippen molar-refractivity contribution in [2.75, 3.05) is 26.9 Å². The number of hydrogen-bond donors (Lipinski definition) is 1. The SMILES string of the molecule is CCOP(=O)(O)c1cn2c(cc1=O)-c1cc(Cl)c(OCCCOC)cc1CC2C(C)(C)C. The largest absolute Gasteiger partial charge is 0.492 e. The first-order chi connectivity index (χ1) is 15.0. The number of rotatable bonds is 8. The van der Waals surface area contributed by atoms with Gasteiger partial charge in [0.25, 0.3) is 0 Å². The third-order valence-corrected chi connectivity index (χ3v) is 7.45. The van der Waals surface area contributed by atoms with Gasteiger partial charge in [0.15, 0.2) is 5.43 Å². The number of methoxy groups -OCH3 is 1. The molecule has 7 nitrogen and oxygen atoms in total. The predicted octanol–water partition coefficient (Wildman–Crippen LogP) is 4.57. The molecule has 1 N–H and O–H groups in total. The van der Waals surface area contributed by atoms with Crippen molar-refractivity contribution in [3.63, 3.8) is 0 Å². The molecule has 2 aromatic rings. The van der Waals surface area contributed by atoms with Crippen LogP contribution < -0.4 is 15.5 Å². The Bertz CT molecular complexity index is 1090. The van der Waals surface area contributed by atoms with E-state index in [9.17, 15) is 14.3 Å². The minimum absolute atomic E-state index is 0.0310. The van der Waals surface area contributed by atoms with E-state index in [-0.39, 0.29) is 23.4 Å². The summed E-state index contributed by atoms with van der Waals surface area (Å²) in [7, 11) is -2.57. The molecule has 0 fully saturated rings. The summed E-state index contributed by atoms with van der Waals surface area (Å²) in [5.41, 5.74) is 1.76. The third-order valence-electron chi connectivity index (χ3n) is 5.60. The quantitative estimate of drug-likeness (QED) is 0.437. The Kier molecular flexibility index (Phi) is 7.58. The molecule has 0 spiro atoms. The molecule has 2 heterocycles. The summed E-state index contributed by atoms with van der Waals surface area (Å²) in [5.74, 6) is 0.595. The van der Waals surface area contributed by atoms with Gasteiger partial charge in [-0.05, 0) is 36.5 Å². The van der Waals surface area contributed by atoms with Crippen LogP contribution in [0.3, 0.4) is 0 Å². The van der Waals surface area contributed by atoms with Gasteiger partial charge >= 0.3 is 7.60 Å².